The summed E-state index contributed by atoms with van der Waals surface area (Å²) >= 11 is 0. The fraction of sp³-hybridized carbons (Fsp3) is 0.750. The molecule has 0 saturated heterocycles. The van der Waals surface area contributed by atoms with Gasteiger partial charge < -0.3 is 10.2 Å². The molecule has 4 heteroatoms. The van der Waals surface area contributed by atoms with Gasteiger partial charge in [0.2, 0.25) is 0 Å². The van der Waals surface area contributed by atoms with Crippen LogP contribution in [-0.2, 0) is 5.41 Å². The molecule has 0 amide bonds. The Morgan fingerprint density at radius 1 is 1.20 bits per heavy atom. The topological polar surface area (TPSA) is 41.1 Å². The highest BCUT2D eigenvalue weighted by Crippen LogP contribution is 2.28. The maximum absolute atomic E-state index is 4.80. The molecule has 0 bridgehead atoms. The molecule has 114 valence electrons. The smallest absolute Gasteiger partial charge is 0.138 e. The molecule has 1 aromatic heterocycles. The zero-order valence-electron chi connectivity index (χ0n) is 14.3. The van der Waals surface area contributed by atoms with Crippen molar-refractivity contribution in [1.82, 2.24) is 9.97 Å². The summed E-state index contributed by atoms with van der Waals surface area (Å²) in [7, 11) is 4.03. The van der Waals surface area contributed by atoms with Crippen molar-refractivity contribution in [3.63, 3.8) is 0 Å². The molecular weight excluding hydrogens is 248 g/mol. The molecular formula is C16H30N4. The second kappa shape index (κ2) is 6.42. The molecule has 0 aromatic carbocycles. The van der Waals surface area contributed by atoms with Crippen LogP contribution in [0, 0.1) is 12.8 Å². The molecule has 1 rings (SSSR count). The molecule has 0 aliphatic heterocycles. The highest BCUT2D eigenvalue weighted by Gasteiger charge is 2.22. The number of hydrogen-bond donors (Lipinski definition) is 1. The van der Waals surface area contributed by atoms with Crippen LogP contribution in [0.25, 0.3) is 0 Å². The Morgan fingerprint density at radius 3 is 2.25 bits per heavy atom. The third kappa shape index (κ3) is 4.09. The first-order valence-corrected chi connectivity index (χ1v) is 7.44. The number of anilines is 2. The van der Waals surface area contributed by atoms with E-state index in [4.69, 9.17) is 4.98 Å². The summed E-state index contributed by atoms with van der Waals surface area (Å²) in [5, 5.41) is 3.19. The summed E-state index contributed by atoms with van der Waals surface area (Å²) in [6.07, 6.45) is 1.17. The van der Waals surface area contributed by atoms with Crippen LogP contribution in [-0.4, -0.2) is 30.6 Å². The maximum atomic E-state index is 4.80. The summed E-state index contributed by atoms with van der Waals surface area (Å²) in [5.74, 6) is 3.55. The van der Waals surface area contributed by atoms with Gasteiger partial charge in [-0.25, -0.2) is 9.97 Å². The fourth-order valence-corrected chi connectivity index (χ4v) is 2.01. The second-order valence-electron chi connectivity index (χ2n) is 6.95. The van der Waals surface area contributed by atoms with Gasteiger partial charge in [0.1, 0.15) is 17.5 Å². The molecule has 1 heterocycles. The SMILES string of the molecule is CNc1nc(C(C)(C)C)nc(N(C)CCC(C)C)c1C. The summed E-state index contributed by atoms with van der Waals surface area (Å²) in [6, 6.07) is 0. The number of hydrogen-bond acceptors (Lipinski definition) is 4. The normalized spacial score (nSPS) is 11.8. The van der Waals surface area contributed by atoms with Crippen molar-refractivity contribution in [3.05, 3.63) is 11.4 Å². The number of rotatable bonds is 5. The van der Waals surface area contributed by atoms with Gasteiger partial charge in [-0.1, -0.05) is 34.6 Å². The van der Waals surface area contributed by atoms with E-state index in [1.165, 1.54) is 6.42 Å². The van der Waals surface area contributed by atoms with Crippen LogP contribution in [0.15, 0.2) is 0 Å². The quantitative estimate of drug-likeness (QED) is 0.893. The monoisotopic (exact) mass is 278 g/mol. The van der Waals surface area contributed by atoms with E-state index < -0.39 is 0 Å². The second-order valence-corrected chi connectivity index (χ2v) is 6.95. The van der Waals surface area contributed by atoms with Gasteiger partial charge in [0.25, 0.3) is 0 Å². The minimum absolute atomic E-state index is 0.0487. The van der Waals surface area contributed by atoms with E-state index in [1.807, 2.05) is 7.05 Å². The summed E-state index contributed by atoms with van der Waals surface area (Å²) in [6.45, 7) is 14.0. The highest BCUT2D eigenvalue weighted by molar-refractivity contribution is 5.58. The summed E-state index contributed by atoms with van der Waals surface area (Å²) < 4.78 is 0. The molecule has 0 spiro atoms. The third-order valence-corrected chi connectivity index (χ3v) is 3.43. The Balaban J connectivity index is 3.16. The Kier molecular flexibility index (Phi) is 5.37. The molecule has 0 saturated carbocycles. The standard InChI is InChI=1S/C16H30N4/c1-11(2)9-10-20(8)14-12(3)13(17-7)18-15(19-14)16(4,5)6/h11H,9-10H2,1-8H3,(H,17,18,19). The van der Waals surface area contributed by atoms with Crippen molar-refractivity contribution in [3.8, 4) is 0 Å². The largest absolute Gasteiger partial charge is 0.373 e. The lowest BCUT2D eigenvalue weighted by atomic mass is 9.95. The van der Waals surface area contributed by atoms with Gasteiger partial charge in [-0.2, -0.15) is 0 Å². The minimum Gasteiger partial charge on any atom is -0.373 e. The van der Waals surface area contributed by atoms with Crippen molar-refractivity contribution in [2.24, 2.45) is 5.92 Å². The molecule has 20 heavy (non-hydrogen) atoms. The lowest BCUT2D eigenvalue weighted by Crippen LogP contribution is -2.26. The van der Waals surface area contributed by atoms with Gasteiger partial charge in [-0.05, 0) is 19.3 Å². The van der Waals surface area contributed by atoms with Crippen LogP contribution in [0.2, 0.25) is 0 Å². The van der Waals surface area contributed by atoms with Gasteiger partial charge in [-0.3, -0.25) is 0 Å². The van der Waals surface area contributed by atoms with Crippen LogP contribution in [0.3, 0.4) is 0 Å². The predicted octanol–water partition coefficient (Wildman–Crippen LogP) is 3.61. The first-order chi connectivity index (χ1) is 9.16. The Labute approximate surface area is 124 Å². The average molecular weight is 278 g/mol. The molecule has 1 N–H and O–H groups in total. The molecule has 0 aliphatic rings. The lowest BCUT2D eigenvalue weighted by Gasteiger charge is -2.25. The first-order valence-electron chi connectivity index (χ1n) is 7.44. The van der Waals surface area contributed by atoms with E-state index in [9.17, 15) is 0 Å². The minimum atomic E-state index is -0.0487. The maximum Gasteiger partial charge on any atom is 0.138 e. The van der Waals surface area contributed by atoms with Gasteiger partial charge in [0.15, 0.2) is 0 Å². The van der Waals surface area contributed by atoms with E-state index in [2.05, 4.69) is 63.8 Å². The van der Waals surface area contributed by atoms with Crippen LogP contribution < -0.4 is 10.2 Å². The Bertz CT molecular complexity index is 447. The molecule has 0 aliphatic carbocycles. The van der Waals surface area contributed by atoms with Crippen LogP contribution in [0.4, 0.5) is 11.6 Å². The van der Waals surface area contributed by atoms with Crippen LogP contribution in [0.5, 0.6) is 0 Å². The van der Waals surface area contributed by atoms with Crippen molar-refractivity contribution >= 4 is 11.6 Å². The fourth-order valence-electron chi connectivity index (χ4n) is 2.01. The van der Waals surface area contributed by atoms with E-state index >= 15 is 0 Å². The Hall–Kier alpha value is -1.32. The van der Waals surface area contributed by atoms with Crippen LogP contribution in [0.1, 0.15) is 52.4 Å². The zero-order chi connectivity index (χ0) is 15.5. The molecule has 0 atom stereocenters. The predicted molar refractivity (Wildman–Crippen MR) is 87.7 cm³/mol. The van der Waals surface area contributed by atoms with E-state index in [-0.39, 0.29) is 5.41 Å². The van der Waals surface area contributed by atoms with E-state index in [0.717, 1.165) is 29.6 Å². The van der Waals surface area contributed by atoms with Crippen molar-refractivity contribution in [2.45, 2.75) is 53.4 Å². The van der Waals surface area contributed by atoms with Gasteiger partial charge in [0.05, 0.1) is 0 Å². The lowest BCUT2D eigenvalue weighted by molar-refractivity contribution is 0.542. The summed E-state index contributed by atoms with van der Waals surface area (Å²) in [4.78, 5) is 11.7. The molecule has 0 radical (unpaired) electrons. The van der Waals surface area contributed by atoms with Crippen LogP contribution >= 0.6 is 0 Å². The Morgan fingerprint density at radius 2 is 1.80 bits per heavy atom. The first kappa shape index (κ1) is 16.7. The zero-order valence-corrected chi connectivity index (χ0v) is 14.3. The highest BCUT2D eigenvalue weighted by atomic mass is 15.2. The number of nitrogens with one attached hydrogen (secondary N) is 1. The van der Waals surface area contributed by atoms with Gasteiger partial charge in [-0.15, -0.1) is 0 Å². The number of aromatic nitrogens is 2. The molecule has 1 aromatic rings. The van der Waals surface area contributed by atoms with E-state index in [0.29, 0.717) is 5.92 Å². The van der Waals surface area contributed by atoms with Gasteiger partial charge >= 0.3 is 0 Å². The average Bonchev–Trinajstić information content (AvgIpc) is 2.34. The van der Waals surface area contributed by atoms with Crippen molar-refractivity contribution in [1.29, 1.82) is 0 Å². The molecule has 0 unspecified atom stereocenters. The third-order valence-electron chi connectivity index (χ3n) is 3.43. The molecule has 0 fully saturated rings. The molecule has 4 nitrogen and oxygen atoms in total. The van der Waals surface area contributed by atoms with Gasteiger partial charge in [0, 0.05) is 31.6 Å². The summed E-state index contributed by atoms with van der Waals surface area (Å²) in [5.41, 5.74) is 1.07. The van der Waals surface area contributed by atoms with Crippen molar-refractivity contribution in [2.75, 3.05) is 30.9 Å². The van der Waals surface area contributed by atoms with E-state index in [1.54, 1.807) is 0 Å². The van der Waals surface area contributed by atoms with Crippen molar-refractivity contribution < 1.29 is 0 Å². The number of nitrogens with zero attached hydrogens (tertiary/aromatic N) is 3.